The maximum atomic E-state index is 13.2. The summed E-state index contributed by atoms with van der Waals surface area (Å²) in [6.45, 7) is 5.28. The van der Waals surface area contributed by atoms with Gasteiger partial charge in [0.05, 0.1) is 6.04 Å². The normalized spacial score (nSPS) is 14.3. The number of carboxylic acids is 1. The number of hydrogen-bond acceptors (Lipinski definition) is 5. The molecule has 7 N–H and O–H groups in total. The van der Waals surface area contributed by atoms with E-state index in [2.05, 4.69) is 20.9 Å². The number of para-hydroxylation sites is 1. The third-order valence-electron chi connectivity index (χ3n) is 6.44. The van der Waals surface area contributed by atoms with Crippen molar-refractivity contribution in [3.63, 3.8) is 0 Å². The fourth-order valence-electron chi connectivity index (χ4n) is 4.34. The maximum Gasteiger partial charge on any atom is 0.326 e. The Hall–Kier alpha value is -4.18. The van der Waals surface area contributed by atoms with Crippen LogP contribution in [0.5, 0.6) is 0 Å². The van der Waals surface area contributed by atoms with Crippen molar-refractivity contribution >= 4 is 34.6 Å². The van der Waals surface area contributed by atoms with Gasteiger partial charge in [-0.25, -0.2) is 4.79 Å². The van der Waals surface area contributed by atoms with Crippen molar-refractivity contribution in [3.05, 3.63) is 71.9 Å². The Morgan fingerprint density at radius 2 is 1.46 bits per heavy atom. The first kappa shape index (κ1) is 29.4. The number of carbonyl (C=O) groups excluding carboxylic acids is 3. The van der Waals surface area contributed by atoms with Crippen molar-refractivity contribution in [1.29, 1.82) is 0 Å². The van der Waals surface area contributed by atoms with Gasteiger partial charge in [-0.05, 0) is 42.9 Å². The summed E-state index contributed by atoms with van der Waals surface area (Å²) < 4.78 is 0. The van der Waals surface area contributed by atoms with Crippen LogP contribution in [0, 0.1) is 5.92 Å². The van der Waals surface area contributed by atoms with Gasteiger partial charge < -0.3 is 31.8 Å². The van der Waals surface area contributed by atoms with E-state index in [4.69, 9.17) is 5.73 Å². The fraction of sp³-hybridized carbons (Fsp3) is 0.379. The molecular formula is C29H37N5O5. The molecule has 0 saturated heterocycles. The minimum atomic E-state index is -1.20. The van der Waals surface area contributed by atoms with Crippen molar-refractivity contribution in [2.45, 2.75) is 64.2 Å². The molecule has 3 rings (SSSR count). The Labute approximate surface area is 227 Å². The average Bonchev–Trinajstić information content (AvgIpc) is 3.30. The summed E-state index contributed by atoms with van der Waals surface area (Å²) in [5.41, 5.74) is 8.54. The van der Waals surface area contributed by atoms with Gasteiger partial charge in [-0.3, -0.25) is 14.4 Å². The van der Waals surface area contributed by atoms with E-state index in [9.17, 15) is 24.3 Å². The van der Waals surface area contributed by atoms with Crippen LogP contribution in [0.25, 0.3) is 10.9 Å². The van der Waals surface area contributed by atoms with Crippen LogP contribution in [0.4, 0.5) is 0 Å². The van der Waals surface area contributed by atoms with Crippen molar-refractivity contribution in [2.75, 3.05) is 0 Å². The summed E-state index contributed by atoms with van der Waals surface area (Å²) in [6, 6.07) is 12.8. The summed E-state index contributed by atoms with van der Waals surface area (Å²) in [5.74, 6) is -2.82. The third-order valence-corrected chi connectivity index (χ3v) is 6.44. The molecule has 0 radical (unpaired) electrons. The Bertz CT molecular complexity index is 1290. The molecule has 0 spiro atoms. The lowest BCUT2D eigenvalue weighted by Gasteiger charge is -2.25. The number of amides is 3. The highest BCUT2D eigenvalue weighted by molar-refractivity contribution is 5.94. The molecule has 0 bridgehead atoms. The van der Waals surface area contributed by atoms with Crippen molar-refractivity contribution < 1.29 is 24.3 Å². The zero-order valence-corrected chi connectivity index (χ0v) is 22.4. The molecular weight excluding hydrogens is 498 g/mol. The first-order valence-corrected chi connectivity index (χ1v) is 13.0. The number of aromatic nitrogens is 1. The van der Waals surface area contributed by atoms with Gasteiger partial charge in [-0.2, -0.15) is 0 Å². The van der Waals surface area contributed by atoms with E-state index in [0.717, 1.165) is 22.0 Å². The van der Waals surface area contributed by atoms with E-state index in [1.807, 2.05) is 68.4 Å². The molecule has 0 saturated carbocycles. The number of carboxylic acid groups (broad SMARTS) is 1. The first-order chi connectivity index (χ1) is 18.5. The highest BCUT2D eigenvalue weighted by Crippen LogP contribution is 2.19. The maximum absolute atomic E-state index is 13.2. The second-order valence-electron chi connectivity index (χ2n) is 10.2. The predicted octanol–water partition coefficient (Wildman–Crippen LogP) is 1.89. The van der Waals surface area contributed by atoms with E-state index in [1.165, 1.54) is 6.92 Å². The van der Waals surface area contributed by atoms with E-state index in [-0.39, 0.29) is 18.8 Å². The summed E-state index contributed by atoms with van der Waals surface area (Å²) in [4.78, 5) is 53.8. The van der Waals surface area contributed by atoms with E-state index in [0.29, 0.717) is 6.42 Å². The molecule has 0 fully saturated rings. The average molecular weight is 536 g/mol. The van der Waals surface area contributed by atoms with Gasteiger partial charge >= 0.3 is 5.97 Å². The van der Waals surface area contributed by atoms with Gasteiger partial charge in [0, 0.05) is 23.5 Å². The van der Waals surface area contributed by atoms with Crippen LogP contribution in [-0.4, -0.2) is 57.9 Å². The molecule has 1 heterocycles. The van der Waals surface area contributed by atoms with E-state index in [1.54, 1.807) is 6.20 Å². The molecule has 0 aliphatic heterocycles. The van der Waals surface area contributed by atoms with Gasteiger partial charge in [-0.15, -0.1) is 0 Å². The first-order valence-electron chi connectivity index (χ1n) is 13.0. The Morgan fingerprint density at radius 3 is 2.13 bits per heavy atom. The molecule has 3 aromatic rings. The summed E-state index contributed by atoms with van der Waals surface area (Å²) in [5, 5.41) is 18.5. The molecule has 39 heavy (non-hydrogen) atoms. The van der Waals surface area contributed by atoms with Crippen LogP contribution in [0.2, 0.25) is 0 Å². The lowest BCUT2D eigenvalue weighted by molar-refractivity contribution is -0.142. The van der Waals surface area contributed by atoms with Crippen LogP contribution in [0.15, 0.2) is 60.8 Å². The molecule has 0 aliphatic rings. The number of hydrogen-bond donors (Lipinski definition) is 6. The molecule has 3 amide bonds. The number of fused-ring (bicyclic) bond motifs is 1. The largest absolute Gasteiger partial charge is 0.480 e. The van der Waals surface area contributed by atoms with Gasteiger partial charge in [-0.1, -0.05) is 62.4 Å². The monoisotopic (exact) mass is 535 g/mol. The highest BCUT2D eigenvalue weighted by Gasteiger charge is 2.30. The van der Waals surface area contributed by atoms with E-state index >= 15 is 0 Å². The van der Waals surface area contributed by atoms with Crippen LogP contribution < -0.4 is 21.7 Å². The zero-order valence-electron chi connectivity index (χ0n) is 22.4. The summed E-state index contributed by atoms with van der Waals surface area (Å²) in [7, 11) is 0. The van der Waals surface area contributed by atoms with Crippen LogP contribution in [0.3, 0.4) is 0 Å². The zero-order chi connectivity index (χ0) is 28.5. The number of rotatable bonds is 13. The summed E-state index contributed by atoms with van der Waals surface area (Å²) >= 11 is 0. The molecule has 0 aliphatic carbocycles. The molecule has 2 aromatic carbocycles. The van der Waals surface area contributed by atoms with Gasteiger partial charge in [0.25, 0.3) is 0 Å². The quantitative estimate of drug-likeness (QED) is 0.195. The highest BCUT2D eigenvalue weighted by atomic mass is 16.4. The Morgan fingerprint density at radius 1 is 0.821 bits per heavy atom. The van der Waals surface area contributed by atoms with Gasteiger partial charge in [0.1, 0.15) is 18.1 Å². The van der Waals surface area contributed by atoms with E-state index < -0.39 is 47.9 Å². The smallest absolute Gasteiger partial charge is 0.326 e. The number of nitrogens with two attached hydrogens (primary N) is 1. The second-order valence-corrected chi connectivity index (χ2v) is 10.2. The second kappa shape index (κ2) is 13.6. The standard InChI is InChI=1S/C29H37N5O5/c1-17(2)13-24(33-26(35)18(3)32-27(36)22(30)14-19-9-5-4-6-10-19)28(37)34-25(29(38)39)15-20-16-31-23-12-8-7-11-21(20)23/h4-12,16-18,22,24-25,31H,13-15,30H2,1-3H3,(H,32,36)(H,33,35)(H,34,37)(H,38,39). The molecule has 10 nitrogen and oxygen atoms in total. The number of benzene rings is 2. The number of carbonyl (C=O) groups is 4. The van der Waals surface area contributed by atoms with Crippen molar-refractivity contribution in [2.24, 2.45) is 11.7 Å². The molecule has 10 heteroatoms. The van der Waals surface area contributed by atoms with Crippen LogP contribution in [-0.2, 0) is 32.0 Å². The molecule has 4 unspecified atom stereocenters. The van der Waals surface area contributed by atoms with Crippen molar-refractivity contribution in [3.8, 4) is 0 Å². The predicted molar refractivity (Wildman–Crippen MR) is 149 cm³/mol. The lowest BCUT2D eigenvalue weighted by Crippen LogP contribution is -2.57. The Kier molecular flexibility index (Phi) is 10.2. The topological polar surface area (TPSA) is 166 Å². The number of nitrogens with one attached hydrogen (secondary N) is 4. The number of aromatic amines is 1. The van der Waals surface area contributed by atoms with Crippen LogP contribution in [0.1, 0.15) is 38.3 Å². The van der Waals surface area contributed by atoms with Gasteiger partial charge in [0.15, 0.2) is 0 Å². The lowest BCUT2D eigenvalue weighted by atomic mass is 10.0. The fourth-order valence-corrected chi connectivity index (χ4v) is 4.34. The molecule has 4 atom stereocenters. The minimum Gasteiger partial charge on any atom is -0.480 e. The van der Waals surface area contributed by atoms with Crippen molar-refractivity contribution in [1.82, 2.24) is 20.9 Å². The molecule has 1 aromatic heterocycles. The minimum absolute atomic E-state index is 0.0298. The van der Waals surface area contributed by atoms with Crippen LogP contribution >= 0.6 is 0 Å². The third kappa shape index (κ3) is 8.41. The SMILES string of the molecule is CC(C)CC(NC(=O)C(C)NC(=O)C(N)Cc1ccccc1)C(=O)NC(Cc1c[nH]c2ccccc12)C(=O)O. The summed E-state index contributed by atoms with van der Waals surface area (Å²) in [6.07, 6.45) is 2.39. The Balaban J connectivity index is 1.62. The number of H-pyrrole nitrogens is 1. The number of aliphatic carboxylic acids is 1. The molecule has 208 valence electrons. The van der Waals surface area contributed by atoms with Gasteiger partial charge in [0.2, 0.25) is 17.7 Å².